The van der Waals surface area contributed by atoms with E-state index >= 15 is 0 Å². The van der Waals surface area contributed by atoms with E-state index in [0.29, 0.717) is 6.10 Å². The Kier molecular flexibility index (Phi) is 28.7. The van der Waals surface area contributed by atoms with Crippen molar-refractivity contribution in [2.24, 2.45) is 0 Å². The first-order valence-electron chi connectivity index (χ1n) is 19.2. The van der Waals surface area contributed by atoms with Crippen LogP contribution >= 0.6 is 0 Å². The Bertz CT molecular complexity index is 690. The minimum atomic E-state index is -0.305. The topological polar surface area (TPSA) is 18.5 Å². The lowest BCUT2D eigenvalue weighted by Gasteiger charge is -2.28. The molecule has 0 aromatic rings. The van der Waals surface area contributed by atoms with Crippen LogP contribution in [0, 0.1) is 0 Å². The maximum absolute atomic E-state index is 6.57. The fraction of sp³-hybridized carbons (Fsp3) is 0.805. The van der Waals surface area contributed by atoms with Gasteiger partial charge in [0.15, 0.2) is 5.79 Å². The lowest BCUT2D eigenvalue weighted by Crippen LogP contribution is -2.31. The van der Waals surface area contributed by atoms with Crippen LogP contribution in [0.4, 0.5) is 0 Å². The summed E-state index contributed by atoms with van der Waals surface area (Å²) in [5.74, 6) is -0.305. The van der Waals surface area contributed by atoms with Gasteiger partial charge in [-0.1, -0.05) is 114 Å². The highest BCUT2D eigenvalue weighted by Gasteiger charge is 2.39. The number of ether oxygens (including phenoxy) is 2. The third-order valence-corrected chi connectivity index (χ3v) is 8.73. The predicted molar refractivity (Wildman–Crippen MR) is 192 cm³/mol. The first-order chi connectivity index (χ1) is 21.3. The van der Waals surface area contributed by atoms with Crippen molar-refractivity contribution in [3.8, 4) is 0 Å². The van der Waals surface area contributed by atoms with Crippen molar-refractivity contribution >= 4 is 0 Å². The van der Waals surface area contributed by atoms with Crippen LogP contribution in [0.3, 0.4) is 0 Å². The highest BCUT2D eigenvalue weighted by molar-refractivity contribution is 4.86. The number of allylic oxidation sites excluding steroid dienone is 8. The van der Waals surface area contributed by atoms with Crippen LogP contribution in [-0.2, 0) is 9.47 Å². The average Bonchev–Trinajstić information content (AvgIpc) is 3.41. The van der Waals surface area contributed by atoms with Gasteiger partial charge in [0.2, 0.25) is 0 Å². The van der Waals surface area contributed by atoms with Crippen LogP contribution < -0.4 is 0 Å². The number of hydrogen-bond acceptors (Lipinski definition) is 2. The summed E-state index contributed by atoms with van der Waals surface area (Å²) in [6.07, 6.45) is 53.3. The molecule has 1 fully saturated rings. The average molecular weight is 599 g/mol. The molecule has 43 heavy (non-hydrogen) atoms. The van der Waals surface area contributed by atoms with E-state index in [2.05, 4.69) is 69.4 Å². The normalized spacial score (nSPS) is 19.4. The van der Waals surface area contributed by atoms with Gasteiger partial charge in [-0.05, 0) is 116 Å². The van der Waals surface area contributed by atoms with Gasteiger partial charge in [0.1, 0.15) is 0 Å². The Balaban J connectivity index is 2.11. The zero-order valence-electron chi connectivity index (χ0n) is 29.3. The Hall–Kier alpha value is -1.12. The van der Waals surface area contributed by atoms with E-state index in [-0.39, 0.29) is 5.79 Å². The molecular formula is C41H74O2. The number of unbranched alkanes of at least 4 members (excludes halogenated alkanes) is 17. The zero-order valence-corrected chi connectivity index (χ0v) is 29.3. The van der Waals surface area contributed by atoms with Gasteiger partial charge in [0.05, 0.1) is 12.7 Å². The Morgan fingerprint density at radius 3 is 1.21 bits per heavy atom. The van der Waals surface area contributed by atoms with Gasteiger partial charge < -0.3 is 9.47 Å². The monoisotopic (exact) mass is 599 g/mol. The summed E-state index contributed by atoms with van der Waals surface area (Å²) >= 11 is 0. The standard InChI is InChI=1S/C41H74O2/c1-4-7-9-11-13-15-17-19-21-23-25-27-29-31-33-35-38-41(42-39-40(43-41)36-6-3)37-34-32-30-28-26-24-22-20-18-16-14-12-10-8-5-2/h12-15,24-27,40H,4-11,16-23,28-39H2,1-3H3/b14-12-,15-13-,26-24-,27-25-/t40-,41?/m0/s1. The SMILES string of the molecule is CCCC/C=C\CCCC/C=C\CCCCCC1(CCCCC/C=C\CCCC/C=C\CCCCC)OC[C@H](CCC)O1. The molecule has 2 atom stereocenters. The molecule has 1 saturated heterocycles. The minimum absolute atomic E-state index is 0.305. The molecule has 0 aliphatic carbocycles. The summed E-state index contributed by atoms with van der Waals surface area (Å²) in [6, 6.07) is 0. The zero-order chi connectivity index (χ0) is 30.9. The molecule has 1 heterocycles. The third kappa shape index (κ3) is 24.8. The molecule has 0 radical (unpaired) electrons. The molecule has 1 aliphatic rings. The molecule has 0 aromatic carbocycles. The van der Waals surface area contributed by atoms with E-state index in [1.54, 1.807) is 0 Å². The van der Waals surface area contributed by atoms with Crippen LogP contribution in [0.2, 0.25) is 0 Å². The molecule has 250 valence electrons. The summed E-state index contributed by atoms with van der Waals surface area (Å²) < 4.78 is 13.0. The van der Waals surface area contributed by atoms with Crippen molar-refractivity contribution in [1.29, 1.82) is 0 Å². The van der Waals surface area contributed by atoms with Gasteiger partial charge in [-0.25, -0.2) is 0 Å². The Morgan fingerprint density at radius 2 is 0.814 bits per heavy atom. The van der Waals surface area contributed by atoms with Gasteiger partial charge in [0, 0.05) is 12.8 Å². The Morgan fingerprint density at radius 1 is 0.442 bits per heavy atom. The van der Waals surface area contributed by atoms with Gasteiger partial charge in [-0.3, -0.25) is 0 Å². The molecular weight excluding hydrogens is 524 g/mol. The molecule has 0 N–H and O–H groups in total. The predicted octanol–water partition coefficient (Wildman–Crippen LogP) is 13.9. The van der Waals surface area contributed by atoms with Gasteiger partial charge in [0.25, 0.3) is 0 Å². The fourth-order valence-corrected chi connectivity index (χ4v) is 5.96. The van der Waals surface area contributed by atoms with Crippen molar-refractivity contribution in [3.63, 3.8) is 0 Å². The van der Waals surface area contributed by atoms with E-state index in [1.807, 2.05) is 0 Å². The molecule has 0 amide bonds. The van der Waals surface area contributed by atoms with Crippen molar-refractivity contribution in [2.75, 3.05) is 6.61 Å². The minimum Gasteiger partial charge on any atom is -0.347 e. The van der Waals surface area contributed by atoms with E-state index in [4.69, 9.17) is 9.47 Å². The van der Waals surface area contributed by atoms with Gasteiger partial charge in [-0.15, -0.1) is 0 Å². The molecule has 0 saturated carbocycles. The smallest absolute Gasteiger partial charge is 0.168 e. The summed E-state index contributed by atoms with van der Waals surface area (Å²) in [5, 5.41) is 0. The molecule has 1 aliphatic heterocycles. The lowest BCUT2D eigenvalue weighted by atomic mass is 9.99. The van der Waals surface area contributed by atoms with Gasteiger partial charge in [-0.2, -0.15) is 0 Å². The molecule has 0 aromatic heterocycles. The summed E-state index contributed by atoms with van der Waals surface area (Å²) in [7, 11) is 0. The lowest BCUT2D eigenvalue weighted by molar-refractivity contribution is -0.179. The third-order valence-electron chi connectivity index (χ3n) is 8.73. The quantitative estimate of drug-likeness (QED) is 0.0583. The molecule has 1 rings (SSSR count). The second-order valence-electron chi connectivity index (χ2n) is 13.0. The first kappa shape index (κ1) is 39.9. The maximum atomic E-state index is 6.57. The molecule has 1 unspecified atom stereocenters. The molecule has 0 spiro atoms. The van der Waals surface area contributed by atoms with E-state index < -0.39 is 0 Å². The summed E-state index contributed by atoms with van der Waals surface area (Å²) in [6.45, 7) is 7.58. The van der Waals surface area contributed by atoms with Crippen LogP contribution in [0.25, 0.3) is 0 Å². The Labute approximate surface area is 270 Å². The van der Waals surface area contributed by atoms with Crippen molar-refractivity contribution < 1.29 is 9.47 Å². The van der Waals surface area contributed by atoms with Gasteiger partial charge >= 0.3 is 0 Å². The van der Waals surface area contributed by atoms with Crippen molar-refractivity contribution in [2.45, 2.75) is 206 Å². The maximum Gasteiger partial charge on any atom is 0.168 e. The number of rotatable bonds is 31. The van der Waals surface area contributed by atoms with Crippen LogP contribution in [-0.4, -0.2) is 18.5 Å². The second kappa shape index (κ2) is 30.9. The number of hydrogen-bond donors (Lipinski definition) is 0. The van der Waals surface area contributed by atoms with E-state index in [9.17, 15) is 0 Å². The van der Waals surface area contributed by atoms with Crippen molar-refractivity contribution in [3.05, 3.63) is 48.6 Å². The highest BCUT2D eigenvalue weighted by Crippen LogP contribution is 2.35. The molecule has 0 bridgehead atoms. The summed E-state index contributed by atoms with van der Waals surface area (Å²) in [4.78, 5) is 0. The van der Waals surface area contributed by atoms with Crippen LogP contribution in [0.5, 0.6) is 0 Å². The molecule has 2 nitrogen and oxygen atoms in total. The second-order valence-corrected chi connectivity index (χ2v) is 13.0. The van der Waals surface area contributed by atoms with E-state index in [1.165, 1.54) is 154 Å². The van der Waals surface area contributed by atoms with Crippen LogP contribution in [0.15, 0.2) is 48.6 Å². The van der Waals surface area contributed by atoms with E-state index in [0.717, 1.165) is 25.9 Å². The summed E-state index contributed by atoms with van der Waals surface area (Å²) in [5.41, 5.74) is 0. The van der Waals surface area contributed by atoms with Crippen LogP contribution in [0.1, 0.15) is 194 Å². The largest absolute Gasteiger partial charge is 0.347 e. The first-order valence-corrected chi connectivity index (χ1v) is 19.2. The van der Waals surface area contributed by atoms with Crippen molar-refractivity contribution in [1.82, 2.24) is 0 Å². The highest BCUT2D eigenvalue weighted by atomic mass is 16.7. The molecule has 2 heteroatoms. The fourth-order valence-electron chi connectivity index (χ4n) is 5.96.